The number of nitrogens with one attached hydrogen (secondary N) is 1. The summed E-state index contributed by atoms with van der Waals surface area (Å²) in [5.74, 6) is 1.51. The molecule has 0 aliphatic carbocycles. The molecular formula is C12H17N5O2. The highest BCUT2D eigenvalue weighted by molar-refractivity contribution is 5.77. The molecule has 2 rings (SSSR count). The first kappa shape index (κ1) is 13.3. The Labute approximate surface area is 111 Å². The fourth-order valence-electron chi connectivity index (χ4n) is 1.65. The van der Waals surface area contributed by atoms with E-state index in [1.54, 1.807) is 18.7 Å². The number of amides is 1. The van der Waals surface area contributed by atoms with Crippen LogP contribution < -0.4 is 5.32 Å². The van der Waals surface area contributed by atoms with Crippen LogP contribution in [0.15, 0.2) is 29.1 Å². The Bertz CT molecular complexity index is 520. The molecule has 19 heavy (non-hydrogen) atoms. The van der Waals surface area contributed by atoms with Gasteiger partial charge >= 0.3 is 0 Å². The number of nitrogens with zero attached hydrogens (tertiary/aromatic N) is 4. The van der Waals surface area contributed by atoms with Gasteiger partial charge in [-0.15, -0.1) is 10.2 Å². The van der Waals surface area contributed by atoms with E-state index in [4.69, 9.17) is 4.42 Å². The molecule has 0 unspecified atom stereocenters. The zero-order valence-corrected chi connectivity index (χ0v) is 11.0. The third kappa shape index (κ3) is 3.92. The fraction of sp³-hybridized carbons (Fsp3) is 0.417. The molecule has 102 valence electrons. The fourth-order valence-corrected chi connectivity index (χ4v) is 1.65. The molecule has 7 heteroatoms. The van der Waals surface area contributed by atoms with Crippen LogP contribution in [0.2, 0.25) is 0 Å². The van der Waals surface area contributed by atoms with Crippen molar-refractivity contribution in [3.63, 3.8) is 0 Å². The first-order valence-electron chi connectivity index (χ1n) is 5.95. The van der Waals surface area contributed by atoms with E-state index in [1.807, 2.05) is 29.6 Å². The molecule has 0 bridgehead atoms. The maximum Gasteiger partial charge on any atom is 0.234 e. The lowest BCUT2D eigenvalue weighted by atomic mass is 10.4. The van der Waals surface area contributed by atoms with Gasteiger partial charge < -0.3 is 14.3 Å². The van der Waals surface area contributed by atoms with Gasteiger partial charge in [0.25, 0.3) is 0 Å². The molecule has 2 aromatic heterocycles. The highest BCUT2D eigenvalue weighted by atomic mass is 16.3. The minimum Gasteiger partial charge on any atom is -0.467 e. The highest BCUT2D eigenvalue weighted by Crippen LogP contribution is 1.99. The third-order valence-electron chi connectivity index (χ3n) is 2.67. The lowest BCUT2D eigenvalue weighted by molar-refractivity contribution is -0.122. The lowest BCUT2D eigenvalue weighted by Gasteiger charge is -2.15. The van der Waals surface area contributed by atoms with E-state index in [1.165, 1.54) is 0 Å². The smallest absolute Gasteiger partial charge is 0.234 e. The third-order valence-corrected chi connectivity index (χ3v) is 2.67. The molecule has 0 aromatic carbocycles. The average molecular weight is 263 g/mol. The van der Waals surface area contributed by atoms with Gasteiger partial charge in [0.05, 0.1) is 25.9 Å². The van der Waals surface area contributed by atoms with E-state index < -0.39 is 0 Å². The normalized spacial score (nSPS) is 10.9. The molecule has 7 nitrogen and oxygen atoms in total. The molecule has 0 atom stereocenters. The minimum absolute atomic E-state index is 0.0546. The largest absolute Gasteiger partial charge is 0.467 e. The summed E-state index contributed by atoms with van der Waals surface area (Å²) in [6, 6.07) is 3.62. The Balaban J connectivity index is 1.74. The molecular weight excluding hydrogens is 246 g/mol. The van der Waals surface area contributed by atoms with Crippen molar-refractivity contribution < 1.29 is 9.21 Å². The monoisotopic (exact) mass is 263 g/mol. The van der Waals surface area contributed by atoms with Crippen LogP contribution in [-0.4, -0.2) is 39.2 Å². The number of hydrogen-bond acceptors (Lipinski definition) is 5. The number of likely N-dealkylation sites (N-methyl/N-ethyl adjacent to an activating group) is 1. The van der Waals surface area contributed by atoms with Crippen LogP contribution in [0.5, 0.6) is 0 Å². The Morgan fingerprint density at radius 1 is 1.58 bits per heavy atom. The van der Waals surface area contributed by atoms with Crippen molar-refractivity contribution >= 4 is 5.91 Å². The van der Waals surface area contributed by atoms with Crippen LogP contribution in [0.25, 0.3) is 0 Å². The standard InChI is InChI=1S/C12H17N5O2/c1-16(7-11-15-14-9-17(11)2)8-12(18)13-6-10-4-3-5-19-10/h3-5,9H,6-8H2,1-2H3,(H,13,18). The first-order valence-corrected chi connectivity index (χ1v) is 5.95. The van der Waals surface area contributed by atoms with Crippen LogP contribution in [0, 0.1) is 0 Å². The minimum atomic E-state index is -0.0546. The van der Waals surface area contributed by atoms with Gasteiger partial charge in [0, 0.05) is 7.05 Å². The summed E-state index contributed by atoms with van der Waals surface area (Å²) in [6.07, 6.45) is 3.22. The molecule has 0 aliphatic rings. The predicted octanol–water partition coefficient (Wildman–Crippen LogP) is 0.156. The summed E-state index contributed by atoms with van der Waals surface area (Å²) in [5.41, 5.74) is 0. The Hall–Kier alpha value is -2.15. The SMILES string of the molecule is CN(CC(=O)NCc1ccco1)Cc1nncn1C. The highest BCUT2D eigenvalue weighted by Gasteiger charge is 2.10. The van der Waals surface area contributed by atoms with E-state index in [9.17, 15) is 4.79 Å². The van der Waals surface area contributed by atoms with Gasteiger partial charge in [0.1, 0.15) is 17.9 Å². The summed E-state index contributed by atoms with van der Waals surface area (Å²) in [6.45, 7) is 1.28. The summed E-state index contributed by atoms with van der Waals surface area (Å²) >= 11 is 0. The van der Waals surface area contributed by atoms with Gasteiger partial charge in [0.2, 0.25) is 5.91 Å². The number of aryl methyl sites for hydroxylation is 1. The second-order valence-corrected chi connectivity index (χ2v) is 4.39. The van der Waals surface area contributed by atoms with Gasteiger partial charge in [0.15, 0.2) is 0 Å². The van der Waals surface area contributed by atoms with Crippen molar-refractivity contribution in [3.05, 3.63) is 36.3 Å². The number of aromatic nitrogens is 3. The zero-order chi connectivity index (χ0) is 13.7. The molecule has 1 amide bonds. The Morgan fingerprint density at radius 2 is 2.42 bits per heavy atom. The second-order valence-electron chi connectivity index (χ2n) is 4.39. The first-order chi connectivity index (χ1) is 9.15. The number of carbonyl (C=O) groups is 1. The molecule has 1 N–H and O–H groups in total. The van der Waals surface area contributed by atoms with Gasteiger partial charge in [-0.25, -0.2) is 0 Å². The van der Waals surface area contributed by atoms with Crippen LogP contribution >= 0.6 is 0 Å². The van der Waals surface area contributed by atoms with Crippen molar-refractivity contribution in [1.29, 1.82) is 0 Å². The molecule has 2 aromatic rings. The van der Waals surface area contributed by atoms with E-state index in [0.717, 1.165) is 11.6 Å². The molecule has 0 radical (unpaired) electrons. The van der Waals surface area contributed by atoms with Gasteiger partial charge in [-0.2, -0.15) is 0 Å². The van der Waals surface area contributed by atoms with Crippen LogP contribution in [-0.2, 0) is 24.9 Å². The van der Waals surface area contributed by atoms with Crippen molar-refractivity contribution in [3.8, 4) is 0 Å². The summed E-state index contributed by atoms with van der Waals surface area (Å²) in [7, 11) is 3.74. The predicted molar refractivity (Wildman–Crippen MR) is 67.9 cm³/mol. The number of furan rings is 1. The van der Waals surface area contributed by atoms with Gasteiger partial charge in [-0.3, -0.25) is 9.69 Å². The van der Waals surface area contributed by atoms with Crippen molar-refractivity contribution in [2.24, 2.45) is 7.05 Å². The van der Waals surface area contributed by atoms with Crippen LogP contribution in [0.1, 0.15) is 11.6 Å². The summed E-state index contributed by atoms with van der Waals surface area (Å²) < 4.78 is 6.97. The van der Waals surface area contributed by atoms with Gasteiger partial charge in [-0.05, 0) is 19.2 Å². The molecule has 0 saturated carbocycles. The molecule has 0 aliphatic heterocycles. The summed E-state index contributed by atoms with van der Waals surface area (Å²) in [4.78, 5) is 13.6. The zero-order valence-electron chi connectivity index (χ0n) is 11.0. The topological polar surface area (TPSA) is 76.2 Å². The van der Waals surface area contributed by atoms with Crippen molar-refractivity contribution in [1.82, 2.24) is 25.0 Å². The van der Waals surface area contributed by atoms with Crippen molar-refractivity contribution in [2.45, 2.75) is 13.1 Å². The second kappa shape index (κ2) is 6.14. The average Bonchev–Trinajstić information content (AvgIpc) is 2.99. The number of rotatable bonds is 6. The van der Waals surface area contributed by atoms with E-state index in [0.29, 0.717) is 19.6 Å². The van der Waals surface area contributed by atoms with Crippen molar-refractivity contribution in [2.75, 3.05) is 13.6 Å². The van der Waals surface area contributed by atoms with Gasteiger partial charge in [-0.1, -0.05) is 0 Å². The Morgan fingerprint density at radius 3 is 3.05 bits per heavy atom. The summed E-state index contributed by atoms with van der Waals surface area (Å²) in [5, 5.41) is 10.6. The lowest BCUT2D eigenvalue weighted by Crippen LogP contribution is -2.34. The van der Waals surface area contributed by atoms with E-state index >= 15 is 0 Å². The Kier molecular flexibility index (Phi) is 4.30. The molecule has 2 heterocycles. The van der Waals surface area contributed by atoms with Crippen LogP contribution in [0.3, 0.4) is 0 Å². The molecule has 0 saturated heterocycles. The molecule has 0 fully saturated rings. The number of carbonyl (C=O) groups excluding carboxylic acids is 1. The quantitative estimate of drug-likeness (QED) is 0.803. The van der Waals surface area contributed by atoms with E-state index in [-0.39, 0.29) is 5.91 Å². The maximum atomic E-state index is 11.7. The molecule has 0 spiro atoms. The maximum absolute atomic E-state index is 11.7. The van der Waals surface area contributed by atoms with Crippen LogP contribution in [0.4, 0.5) is 0 Å². The number of hydrogen-bond donors (Lipinski definition) is 1. The van der Waals surface area contributed by atoms with E-state index in [2.05, 4.69) is 15.5 Å².